The van der Waals surface area contributed by atoms with E-state index in [1.165, 1.54) is 0 Å². The highest BCUT2D eigenvalue weighted by atomic mass is 35.5. The van der Waals surface area contributed by atoms with Crippen LogP contribution in [0.15, 0.2) is 35.7 Å². The second-order valence-electron chi connectivity index (χ2n) is 4.99. The lowest BCUT2D eigenvalue weighted by atomic mass is 10.1. The Balaban J connectivity index is 2.03. The molecule has 3 aromatic rings. The molecule has 0 amide bonds. The van der Waals surface area contributed by atoms with Gasteiger partial charge in [-0.1, -0.05) is 41.9 Å². The minimum atomic E-state index is 0.145. The third-order valence-corrected chi connectivity index (χ3v) is 4.21. The van der Waals surface area contributed by atoms with E-state index in [2.05, 4.69) is 27.5 Å². The van der Waals surface area contributed by atoms with Crippen LogP contribution in [0.3, 0.4) is 0 Å². The molecule has 21 heavy (non-hydrogen) atoms. The zero-order valence-electron chi connectivity index (χ0n) is 11.8. The van der Waals surface area contributed by atoms with Gasteiger partial charge in [-0.05, 0) is 19.4 Å². The van der Waals surface area contributed by atoms with Crippen LogP contribution in [-0.4, -0.2) is 16.1 Å². The molecule has 1 aromatic carbocycles. The van der Waals surface area contributed by atoms with Crippen molar-refractivity contribution in [2.75, 3.05) is 0 Å². The van der Waals surface area contributed by atoms with Crippen molar-refractivity contribution < 1.29 is 4.74 Å². The van der Waals surface area contributed by atoms with Crippen molar-refractivity contribution in [3.05, 3.63) is 46.7 Å². The minimum Gasteiger partial charge on any atom is -0.371 e. The topological polar surface area (TPSA) is 35.0 Å². The van der Waals surface area contributed by atoms with Crippen LogP contribution in [0.5, 0.6) is 0 Å². The van der Waals surface area contributed by atoms with E-state index in [0.29, 0.717) is 17.6 Å². The highest BCUT2D eigenvalue weighted by molar-refractivity contribution is 7.17. The Morgan fingerprint density at radius 2 is 1.95 bits per heavy atom. The molecule has 3 rings (SSSR count). The Kier molecular flexibility index (Phi) is 4.19. The molecule has 5 heteroatoms. The van der Waals surface area contributed by atoms with Gasteiger partial charge in [0.2, 0.25) is 0 Å². The van der Waals surface area contributed by atoms with Gasteiger partial charge in [0.25, 0.3) is 0 Å². The first-order valence-corrected chi connectivity index (χ1v) is 8.01. The quantitative estimate of drug-likeness (QED) is 0.639. The van der Waals surface area contributed by atoms with Gasteiger partial charge in [0.15, 0.2) is 5.82 Å². The summed E-state index contributed by atoms with van der Waals surface area (Å²) < 4.78 is 5.54. The number of halogens is 1. The maximum atomic E-state index is 6.37. The number of fused-ring (bicyclic) bond motifs is 1. The van der Waals surface area contributed by atoms with Crippen LogP contribution in [0.4, 0.5) is 0 Å². The number of hydrogen-bond acceptors (Lipinski definition) is 4. The van der Waals surface area contributed by atoms with Gasteiger partial charge < -0.3 is 4.74 Å². The maximum Gasteiger partial charge on any atom is 0.157 e. The molecule has 0 spiro atoms. The summed E-state index contributed by atoms with van der Waals surface area (Å²) in [6.07, 6.45) is 0.145. The predicted octanol–water partition coefficient (Wildman–Crippen LogP) is 4.94. The molecule has 0 saturated carbocycles. The van der Waals surface area contributed by atoms with Crippen molar-refractivity contribution in [2.24, 2.45) is 0 Å². The molecular weight excluding hydrogens is 304 g/mol. The highest BCUT2D eigenvalue weighted by Gasteiger charge is 2.14. The van der Waals surface area contributed by atoms with E-state index in [4.69, 9.17) is 16.3 Å². The number of hydrogen-bond donors (Lipinski definition) is 0. The van der Waals surface area contributed by atoms with Gasteiger partial charge in [-0.25, -0.2) is 9.97 Å². The van der Waals surface area contributed by atoms with Crippen LogP contribution in [-0.2, 0) is 11.3 Å². The summed E-state index contributed by atoms with van der Waals surface area (Å²) in [4.78, 5) is 9.82. The standard InChI is InChI=1S/C16H15ClN2OS/c1-10(2)20-8-13-18-15(17)14-12(9-21-16(14)19-13)11-6-4-3-5-7-11/h3-7,9-10H,8H2,1-2H3. The maximum absolute atomic E-state index is 6.37. The first kappa shape index (κ1) is 14.4. The summed E-state index contributed by atoms with van der Waals surface area (Å²) in [6.45, 7) is 4.35. The van der Waals surface area contributed by atoms with E-state index in [1.54, 1.807) is 11.3 Å². The van der Waals surface area contributed by atoms with Crippen LogP contribution in [0.25, 0.3) is 21.3 Å². The summed E-state index contributed by atoms with van der Waals surface area (Å²) >= 11 is 7.95. The Bertz CT molecular complexity index is 756. The van der Waals surface area contributed by atoms with Gasteiger partial charge in [0.05, 0.1) is 11.5 Å². The van der Waals surface area contributed by atoms with E-state index in [0.717, 1.165) is 21.3 Å². The van der Waals surface area contributed by atoms with E-state index in [-0.39, 0.29) is 6.10 Å². The third kappa shape index (κ3) is 3.07. The molecule has 0 aliphatic carbocycles. The zero-order chi connectivity index (χ0) is 14.8. The monoisotopic (exact) mass is 318 g/mol. The predicted molar refractivity (Wildman–Crippen MR) is 87.8 cm³/mol. The fourth-order valence-electron chi connectivity index (χ4n) is 2.08. The number of benzene rings is 1. The smallest absolute Gasteiger partial charge is 0.157 e. The lowest BCUT2D eigenvalue weighted by Crippen LogP contribution is -2.05. The number of nitrogens with zero attached hydrogens (tertiary/aromatic N) is 2. The average molecular weight is 319 g/mol. The number of aromatic nitrogens is 2. The van der Waals surface area contributed by atoms with Crippen LogP contribution in [0.1, 0.15) is 19.7 Å². The number of thiophene rings is 1. The fraction of sp³-hybridized carbons (Fsp3) is 0.250. The molecule has 0 bridgehead atoms. The largest absolute Gasteiger partial charge is 0.371 e. The van der Waals surface area contributed by atoms with Gasteiger partial charge >= 0.3 is 0 Å². The Morgan fingerprint density at radius 3 is 2.67 bits per heavy atom. The summed E-state index contributed by atoms with van der Waals surface area (Å²) in [5.41, 5.74) is 2.21. The molecule has 108 valence electrons. The number of rotatable bonds is 4. The van der Waals surface area contributed by atoms with E-state index in [1.807, 2.05) is 32.0 Å². The Hall–Kier alpha value is -1.49. The normalized spacial score (nSPS) is 11.4. The molecule has 0 unspecified atom stereocenters. The molecule has 2 heterocycles. The van der Waals surface area contributed by atoms with Gasteiger partial charge in [-0.3, -0.25) is 0 Å². The van der Waals surface area contributed by atoms with E-state index >= 15 is 0 Å². The van der Waals surface area contributed by atoms with Crippen LogP contribution in [0.2, 0.25) is 5.15 Å². The van der Waals surface area contributed by atoms with Crippen LogP contribution < -0.4 is 0 Å². The van der Waals surface area contributed by atoms with Gasteiger partial charge in [-0.2, -0.15) is 0 Å². The van der Waals surface area contributed by atoms with Crippen molar-refractivity contribution in [2.45, 2.75) is 26.6 Å². The first-order chi connectivity index (χ1) is 10.1. The second kappa shape index (κ2) is 6.10. The Labute approximate surface area is 132 Å². The molecule has 0 fully saturated rings. The lowest BCUT2D eigenvalue weighted by Gasteiger charge is -2.07. The summed E-state index contributed by atoms with van der Waals surface area (Å²) in [6, 6.07) is 10.1. The molecule has 0 N–H and O–H groups in total. The summed E-state index contributed by atoms with van der Waals surface area (Å²) in [5.74, 6) is 0.627. The van der Waals surface area contributed by atoms with Gasteiger partial charge in [0.1, 0.15) is 16.6 Å². The van der Waals surface area contributed by atoms with E-state index < -0.39 is 0 Å². The minimum absolute atomic E-state index is 0.145. The van der Waals surface area contributed by atoms with Crippen LogP contribution >= 0.6 is 22.9 Å². The number of ether oxygens (including phenoxy) is 1. The van der Waals surface area contributed by atoms with Crippen molar-refractivity contribution >= 4 is 33.2 Å². The van der Waals surface area contributed by atoms with Crippen molar-refractivity contribution in [3.63, 3.8) is 0 Å². The molecular formula is C16H15ClN2OS. The second-order valence-corrected chi connectivity index (χ2v) is 6.20. The van der Waals surface area contributed by atoms with Crippen molar-refractivity contribution in [1.82, 2.24) is 9.97 Å². The van der Waals surface area contributed by atoms with Gasteiger partial charge in [0, 0.05) is 10.9 Å². The molecule has 0 aliphatic heterocycles. The molecule has 2 aromatic heterocycles. The fourth-order valence-corrected chi connectivity index (χ4v) is 3.39. The van der Waals surface area contributed by atoms with Crippen molar-refractivity contribution in [3.8, 4) is 11.1 Å². The lowest BCUT2D eigenvalue weighted by molar-refractivity contribution is 0.0615. The SMILES string of the molecule is CC(C)OCc1nc(Cl)c2c(-c3ccccc3)csc2n1. The zero-order valence-corrected chi connectivity index (χ0v) is 13.4. The molecule has 0 saturated heterocycles. The molecule has 0 aliphatic rings. The summed E-state index contributed by atoms with van der Waals surface area (Å²) in [7, 11) is 0. The van der Waals surface area contributed by atoms with E-state index in [9.17, 15) is 0 Å². The third-order valence-electron chi connectivity index (χ3n) is 3.07. The van der Waals surface area contributed by atoms with Gasteiger partial charge in [-0.15, -0.1) is 11.3 Å². The van der Waals surface area contributed by atoms with Crippen molar-refractivity contribution in [1.29, 1.82) is 0 Å². The molecule has 0 atom stereocenters. The van der Waals surface area contributed by atoms with Crippen LogP contribution in [0, 0.1) is 0 Å². The Morgan fingerprint density at radius 1 is 1.19 bits per heavy atom. The highest BCUT2D eigenvalue weighted by Crippen LogP contribution is 2.36. The molecule has 0 radical (unpaired) electrons. The average Bonchev–Trinajstić information content (AvgIpc) is 2.90. The summed E-state index contributed by atoms with van der Waals surface area (Å²) in [5, 5.41) is 3.48. The first-order valence-electron chi connectivity index (χ1n) is 6.76. The molecule has 3 nitrogen and oxygen atoms in total.